The topological polar surface area (TPSA) is 127 Å². The lowest BCUT2D eigenvalue weighted by Gasteiger charge is -2.13. The van der Waals surface area contributed by atoms with E-state index in [1.54, 1.807) is 19.9 Å². The van der Waals surface area contributed by atoms with Gasteiger partial charge in [0.15, 0.2) is 0 Å². The third-order valence-corrected chi connectivity index (χ3v) is 8.39. The summed E-state index contributed by atoms with van der Waals surface area (Å²) in [5.41, 5.74) is 5.39. The van der Waals surface area contributed by atoms with Crippen LogP contribution in [0.5, 0.6) is 11.5 Å². The highest BCUT2D eigenvalue weighted by Crippen LogP contribution is 2.29. The number of amides is 1. The van der Waals surface area contributed by atoms with Crippen LogP contribution in [0, 0.1) is 6.92 Å². The number of carbonyl (C=O) groups is 1. The SMILES string of the molecule is Cc1ccc(Nc2nc3cc(Oc4ccnc(C(=O)NCCNS(=O)(=O)C(C)C)c4)ccc3n2C)cc1C(C)C. The van der Waals surface area contributed by atoms with E-state index in [1.807, 2.05) is 29.8 Å². The van der Waals surface area contributed by atoms with Gasteiger partial charge in [-0.3, -0.25) is 9.78 Å². The maximum atomic E-state index is 12.5. The molecule has 11 heteroatoms. The predicted molar refractivity (Wildman–Crippen MR) is 158 cm³/mol. The normalized spacial score (nSPS) is 11.8. The van der Waals surface area contributed by atoms with Crippen LogP contribution < -0.4 is 20.1 Å². The summed E-state index contributed by atoms with van der Waals surface area (Å²) < 4.78 is 34.1. The van der Waals surface area contributed by atoms with Crippen molar-refractivity contribution in [1.29, 1.82) is 0 Å². The molecule has 0 saturated heterocycles. The lowest BCUT2D eigenvalue weighted by molar-refractivity contribution is 0.0949. The van der Waals surface area contributed by atoms with Crippen LogP contribution in [-0.4, -0.2) is 47.2 Å². The van der Waals surface area contributed by atoms with Crippen LogP contribution in [0.15, 0.2) is 54.7 Å². The van der Waals surface area contributed by atoms with Crippen LogP contribution in [0.25, 0.3) is 11.0 Å². The molecule has 4 rings (SSSR count). The average Bonchev–Trinajstić information content (AvgIpc) is 3.21. The van der Waals surface area contributed by atoms with E-state index in [-0.39, 0.29) is 18.8 Å². The van der Waals surface area contributed by atoms with E-state index < -0.39 is 21.2 Å². The van der Waals surface area contributed by atoms with Gasteiger partial charge in [0.1, 0.15) is 17.2 Å². The minimum atomic E-state index is -3.39. The van der Waals surface area contributed by atoms with Gasteiger partial charge in [0.25, 0.3) is 5.91 Å². The first-order valence-electron chi connectivity index (χ1n) is 13.2. The number of imidazole rings is 1. The number of rotatable bonds is 11. The van der Waals surface area contributed by atoms with Crippen molar-refractivity contribution in [2.75, 3.05) is 18.4 Å². The third kappa shape index (κ3) is 6.78. The van der Waals surface area contributed by atoms with Gasteiger partial charge in [-0.1, -0.05) is 19.9 Å². The maximum absolute atomic E-state index is 12.5. The van der Waals surface area contributed by atoms with E-state index in [2.05, 4.69) is 59.3 Å². The number of nitrogens with one attached hydrogen (secondary N) is 3. The van der Waals surface area contributed by atoms with Gasteiger partial charge in [0.2, 0.25) is 16.0 Å². The zero-order chi connectivity index (χ0) is 29.0. The highest BCUT2D eigenvalue weighted by Gasteiger charge is 2.16. The van der Waals surface area contributed by atoms with Crippen molar-refractivity contribution >= 4 is 38.6 Å². The van der Waals surface area contributed by atoms with E-state index in [1.165, 1.54) is 23.4 Å². The minimum absolute atomic E-state index is 0.0895. The fourth-order valence-electron chi connectivity index (χ4n) is 4.19. The van der Waals surface area contributed by atoms with Crippen LogP contribution in [0.3, 0.4) is 0 Å². The number of sulfonamides is 1. The van der Waals surface area contributed by atoms with E-state index in [0.717, 1.165) is 16.7 Å². The highest BCUT2D eigenvalue weighted by atomic mass is 32.2. The standard InChI is InChI=1S/C29H36N6O4S/c1-18(2)24-15-21(8-7-20(24)5)33-29-34-25-16-22(9-10-27(25)35(29)6)39-23-11-12-30-26(17-23)28(36)31-13-14-32-40(37,38)19(3)4/h7-12,15-19,32H,13-14H2,1-6H3,(H,31,36)(H,33,34). The number of carbonyl (C=O) groups excluding carboxylic acids is 1. The smallest absolute Gasteiger partial charge is 0.270 e. The predicted octanol–water partition coefficient (Wildman–Crippen LogP) is 4.99. The van der Waals surface area contributed by atoms with Gasteiger partial charge in [0, 0.05) is 44.2 Å². The molecule has 0 saturated carbocycles. The van der Waals surface area contributed by atoms with Crippen molar-refractivity contribution in [3.63, 3.8) is 0 Å². The number of aryl methyl sites for hydroxylation is 2. The van der Waals surface area contributed by atoms with E-state index >= 15 is 0 Å². The van der Waals surface area contributed by atoms with Crippen LogP contribution in [0.4, 0.5) is 11.6 Å². The molecule has 10 nitrogen and oxygen atoms in total. The molecule has 212 valence electrons. The number of anilines is 2. The molecule has 3 N–H and O–H groups in total. The van der Waals surface area contributed by atoms with Crippen molar-refractivity contribution in [2.45, 2.75) is 45.8 Å². The number of nitrogens with zero attached hydrogens (tertiary/aromatic N) is 3. The zero-order valence-corrected chi connectivity index (χ0v) is 24.5. The number of pyridine rings is 1. The lowest BCUT2D eigenvalue weighted by atomic mass is 9.97. The molecule has 1 amide bonds. The molecule has 2 heterocycles. The van der Waals surface area contributed by atoms with Gasteiger partial charge in [-0.05, 0) is 68.1 Å². The van der Waals surface area contributed by atoms with Crippen molar-refractivity contribution < 1.29 is 17.9 Å². The average molecular weight is 565 g/mol. The summed E-state index contributed by atoms with van der Waals surface area (Å²) in [6.07, 6.45) is 1.49. The minimum Gasteiger partial charge on any atom is -0.457 e. The van der Waals surface area contributed by atoms with Gasteiger partial charge in [-0.15, -0.1) is 0 Å². The molecule has 0 radical (unpaired) electrons. The van der Waals surface area contributed by atoms with Crippen molar-refractivity contribution in [3.8, 4) is 11.5 Å². The Balaban J connectivity index is 1.43. The Morgan fingerprint density at radius 3 is 2.48 bits per heavy atom. The second-order valence-corrected chi connectivity index (χ2v) is 12.5. The van der Waals surface area contributed by atoms with Crippen LogP contribution in [-0.2, 0) is 17.1 Å². The molecule has 2 aromatic carbocycles. The third-order valence-electron chi connectivity index (χ3n) is 6.54. The van der Waals surface area contributed by atoms with Gasteiger partial charge in [-0.2, -0.15) is 0 Å². The first kappa shape index (κ1) is 29.0. The molecule has 2 aromatic heterocycles. The summed E-state index contributed by atoms with van der Waals surface area (Å²) in [5, 5.41) is 5.55. The largest absolute Gasteiger partial charge is 0.457 e. The molecule has 4 aromatic rings. The van der Waals surface area contributed by atoms with Gasteiger partial charge in [0.05, 0.1) is 16.3 Å². The second kappa shape index (κ2) is 12.1. The number of fused-ring (bicyclic) bond motifs is 1. The van der Waals surface area contributed by atoms with Gasteiger partial charge in [-0.25, -0.2) is 18.1 Å². The number of hydrogen-bond donors (Lipinski definition) is 3. The molecule has 0 bridgehead atoms. The molecule has 0 unspecified atom stereocenters. The van der Waals surface area contributed by atoms with Crippen LogP contribution in [0.1, 0.15) is 55.2 Å². The Kier molecular flexibility index (Phi) is 8.75. The van der Waals surface area contributed by atoms with Gasteiger partial charge < -0.3 is 19.9 Å². The Morgan fingerprint density at radius 2 is 1.75 bits per heavy atom. The number of aromatic nitrogens is 3. The zero-order valence-electron chi connectivity index (χ0n) is 23.6. The number of hydrogen-bond acceptors (Lipinski definition) is 7. The summed E-state index contributed by atoms with van der Waals surface area (Å²) in [4.78, 5) is 21.4. The summed E-state index contributed by atoms with van der Waals surface area (Å²) >= 11 is 0. The molecule has 0 aliphatic rings. The highest BCUT2D eigenvalue weighted by molar-refractivity contribution is 7.90. The molecule has 0 fully saturated rings. The first-order valence-corrected chi connectivity index (χ1v) is 14.7. The lowest BCUT2D eigenvalue weighted by Crippen LogP contribution is -2.37. The Hall–Kier alpha value is -3.96. The fraction of sp³-hybridized carbons (Fsp3) is 0.345. The fourth-order valence-corrected chi connectivity index (χ4v) is 4.91. The van der Waals surface area contributed by atoms with E-state index in [9.17, 15) is 13.2 Å². The second-order valence-electron chi connectivity index (χ2n) is 10.2. The Bertz CT molecular complexity index is 1630. The molecular formula is C29H36N6O4S. The Morgan fingerprint density at radius 1 is 1.00 bits per heavy atom. The Labute approximate surface area is 235 Å². The first-order chi connectivity index (χ1) is 18.9. The summed E-state index contributed by atoms with van der Waals surface area (Å²) in [6, 6.07) is 15.1. The summed E-state index contributed by atoms with van der Waals surface area (Å²) in [6.45, 7) is 9.88. The number of ether oxygens (including phenoxy) is 1. The number of benzene rings is 2. The van der Waals surface area contributed by atoms with Crippen molar-refractivity contribution in [3.05, 3.63) is 71.5 Å². The molecule has 40 heavy (non-hydrogen) atoms. The van der Waals surface area contributed by atoms with E-state index in [0.29, 0.717) is 23.4 Å². The van der Waals surface area contributed by atoms with Gasteiger partial charge >= 0.3 is 0 Å². The molecule has 0 atom stereocenters. The van der Waals surface area contributed by atoms with Crippen molar-refractivity contribution in [2.24, 2.45) is 7.05 Å². The molecule has 0 aliphatic heterocycles. The molecule has 0 aliphatic carbocycles. The quantitative estimate of drug-likeness (QED) is 0.219. The summed E-state index contributed by atoms with van der Waals surface area (Å²) in [7, 11) is -1.43. The summed E-state index contributed by atoms with van der Waals surface area (Å²) in [5.74, 6) is 1.71. The van der Waals surface area contributed by atoms with Crippen molar-refractivity contribution in [1.82, 2.24) is 24.6 Å². The van der Waals surface area contributed by atoms with Crippen LogP contribution in [0.2, 0.25) is 0 Å². The molecular weight excluding hydrogens is 528 g/mol. The maximum Gasteiger partial charge on any atom is 0.270 e. The van der Waals surface area contributed by atoms with E-state index in [4.69, 9.17) is 9.72 Å². The van der Waals surface area contributed by atoms with Crippen LogP contribution >= 0.6 is 0 Å². The molecule has 0 spiro atoms. The monoisotopic (exact) mass is 564 g/mol.